The molecule has 0 saturated carbocycles. The van der Waals surface area contributed by atoms with Crippen molar-refractivity contribution < 1.29 is 4.79 Å². The van der Waals surface area contributed by atoms with Gasteiger partial charge in [-0.3, -0.25) is 4.79 Å². The zero-order valence-corrected chi connectivity index (χ0v) is 11.1. The minimum atomic E-state index is -0.599. The molecule has 1 amide bonds. The molecule has 4 heteroatoms. The van der Waals surface area contributed by atoms with E-state index in [2.05, 4.69) is 16.9 Å². The maximum absolute atomic E-state index is 12.0. The maximum atomic E-state index is 12.0. The molecule has 3 N–H and O–H groups in total. The van der Waals surface area contributed by atoms with Crippen LogP contribution in [0.25, 0.3) is 6.08 Å². The SMILES string of the molecule is C=Cc1ccc(NC(=O)[C@@H](N)Cc2ccccc2)nc1. The van der Waals surface area contributed by atoms with Crippen LogP contribution >= 0.6 is 0 Å². The minimum Gasteiger partial charge on any atom is -0.320 e. The number of hydrogen-bond donors (Lipinski definition) is 2. The number of nitrogens with one attached hydrogen (secondary N) is 1. The number of nitrogens with two attached hydrogens (primary N) is 1. The number of pyridine rings is 1. The Morgan fingerprint density at radius 2 is 2.05 bits per heavy atom. The summed E-state index contributed by atoms with van der Waals surface area (Å²) in [4.78, 5) is 16.1. The van der Waals surface area contributed by atoms with E-state index in [4.69, 9.17) is 5.73 Å². The largest absolute Gasteiger partial charge is 0.320 e. The van der Waals surface area contributed by atoms with Crippen molar-refractivity contribution in [1.82, 2.24) is 4.98 Å². The highest BCUT2D eigenvalue weighted by atomic mass is 16.2. The number of rotatable bonds is 5. The van der Waals surface area contributed by atoms with Crippen LogP contribution in [0.3, 0.4) is 0 Å². The maximum Gasteiger partial charge on any atom is 0.242 e. The van der Waals surface area contributed by atoms with E-state index >= 15 is 0 Å². The van der Waals surface area contributed by atoms with Gasteiger partial charge in [0, 0.05) is 6.20 Å². The van der Waals surface area contributed by atoms with Gasteiger partial charge in [-0.2, -0.15) is 0 Å². The van der Waals surface area contributed by atoms with Crippen LogP contribution in [0.15, 0.2) is 55.2 Å². The molecule has 1 heterocycles. The second-order valence-corrected chi connectivity index (χ2v) is 4.47. The highest BCUT2D eigenvalue weighted by Crippen LogP contribution is 2.07. The molecule has 0 bridgehead atoms. The van der Waals surface area contributed by atoms with Crippen molar-refractivity contribution in [2.75, 3.05) is 5.32 Å². The molecule has 1 atom stereocenters. The van der Waals surface area contributed by atoms with Gasteiger partial charge in [-0.1, -0.05) is 43.0 Å². The van der Waals surface area contributed by atoms with Gasteiger partial charge in [-0.25, -0.2) is 4.98 Å². The summed E-state index contributed by atoms with van der Waals surface area (Å²) in [5.74, 6) is 0.247. The normalized spacial score (nSPS) is 11.7. The number of carbonyl (C=O) groups excluding carboxylic acids is 1. The standard InChI is InChI=1S/C16H17N3O/c1-2-12-8-9-15(18-11-12)19-16(20)14(17)10-13-6-4-3-5-7-13/h2-9,11,14H,1,10,17H2,(H,18,19,20)/t14-/m0/s1. The van der Waals surface area contributed by atoms with E-state index in [-0.39, 0.29) is 5.91 Å². The predicted octanol–water partition coefficient (Wildman–Crippen LogP) is 2.23. The summed E-state index contributed by atoms with van der Waals surface area (Å²) in [7, 11) is 0. The molecule has 0 saturated heterocycles. The summed E-state index contributed by atoms with van der Waals surface area (Å²) in [5.41, 5.74) is 7.83. The number of aromatic nitrogens is 1. The second kappa shape index (κ2) is 6.63. The van der Waals surface area contributed by atoms with E-state index in [9.17, 15) is 4.79 Å². The van der Waals surface area contributed by atoms with Crippen molar-refractivity contribution in [3.8, 4) is 0 Å². The van der Waals surface area contributed by atoms with Crippen LogP contribution in [0.5, 0.6) is 0 Å². The smallest absolute Gasteiger partial charge is 0.242 e. The molecule has 2 aromatic rings. The summed E-state index contributed by atoms with van der Waals surface area (Å²) < 4.78 is 0. The summed E-state index contributed by atoms with van der Waals surface area (Å²) in [6.45, 7) is 3.65. The Hall–Kier alpha value is -2.46. The third-order valence-corrected chi connectivity index (χ3v) is 2.91. The Bertz CT molecular complexity index is 578. The van der Waals surface area contributed by atoms with Crippen molar-refractivity contribution in [3.63, 3.8) is 0 Å². The Labute approximate surface area is 118 Å². The lowest BCUT2D eigenvalue weighted by atomic mass is 10.1. The van der Waals surface area contributed by atoms with E-state index in [0.29, 0.717) is 12.2 Å². The van der Waals surface area contributed by atoms with Gasteiger partial charge >= 0.3 is 0 Å². The molecule has 0 aliphatic heterocycles. The Kier molecular flexibility index (Phi) is 4.63. The molecular formula is C16H17N3O. The number of anilines is 1. The van der Waals surface area contributed by atoms with Crippen molar-refractivity contribution >= 4 is 17.8 Å². The fourth-order valence-corrected chi connectivity index (χ4v) is 1.78. The zero-order chi connectivity index (χ0) is 14.4. The molecule has 0 fully saturated rings. The van der Waals surface area contributed by atoms with Crippen molar-refractivity contribution in [2.24, 2.45) is 5.73 Å². The van der Waals surface area contributed by atoms with Gasteiger partial charge in [0.05, 0.1) is 6.04 Å². The van der Waals surface area contributed by atoms with Gasteiger partial charge in [0.25, 0.3) is 0 Å². The van der Waals surface area contributed by atoms with Crippen LogP contribution in [-0.2, 0) is 11.2 Å². The Balaban J connectivity index is 1.95. The lowest BCUT2D eigenvalue weighted by molar-refractivity contribution is -0.117. The molecular weight excluding hydrogens is 250 g/mol. The number of carbonyl (C=O) groups is 1. The highest BCUT2D eigenvalue weighted by molar-refractivity contribution is 5.94. The fraction of sp³-hybridized carbons (Fsp3) is 0.125. The monoisotopic (exact) mass is 267 g/mol. The van der Waals surface area contributed by atoms with Crippen LogP contribution in [0.1, 0.15) is 11.1 Å². The van der Waals surface area contributed by atoms with E-state index in [1.807, 2.05) is 36.4 Å². The Morgan fingerprint density at radius 3 is 2.65 bits per heavy atom. The minimum absolute atomic E-state index is 0.243. The van der Waals surface area contributed by atoms with Crippen LogP contribution < -0.4 is 11.1 Å². The number of nitrogens with zero attached hydrogens (tertiary/aromatic N) is 1. The zero-order valence-electron chi connectivity index (χ0n) is 11.1. The van der Waals surface area contributed by atoms with Crippen molar-refractivity contribution in [2.45, 2.75) is 12.5 Å². The van der Waals surface area contributed by atoms with Gasteiger partial charge in [0.15, 0.2) is 0 Å². The average Bonchev–Trinajstić information content (AvgIpc) is 2.49. The van der Waals surface area contributed by atoms with E-state index in [1.165, 1.54) is 0 Å². The number of amides is 1. The molecule has 0 spiro atoms. The molecule has 0 aliphatic rings. The topological polar surface area (TPSA) is 68.0 Å². The number of hydrogen-bond acceptors (Lipinski definition) is 3. The molecule has 0 aliphatic carbocycles. The van der Waals surface area contributed by atoms with Crippen molar-refractivity contribution in [1.29, 1.82) is 0 Å². The van der Waals surface area contributed by atoms with Gasteiger partial charge in [0.1, 0.15) is 5.82 Å². The van der Waals surface area contributed by atoms with Gasteiger partial charge in [-0.15, -0.1) is 0 Å². The Morgan fingerprint density at radius 1 is 1.30 bits per heavy atom. The van der Waals surface area contributed by atoms with Crippen molar-refractivity contribution in [3.05, 3.63) is 66.4 Å². The second-order valence-electron chi connectivity index (χ2n) is 4.47. The first-order valence-corrected chi connectivity index (χ1v) is 6.38. The molecule has 4 nitrogen and oxygen atoms in total. The molecule has 1 aromatic carbocycles. The van der Waals surface area contributed by atoms with Crippen LogP contribution in [-0.4, -0.2) is 16.9 Å². The highest BCUT2D eigenvalue weighted by Gasteiger charge is 2.14. The van der Waals surface area contributed by atoms with Gasteiger partial charge < -0.3 is 11.1 Å². The summed E-state index contributed by atoms with van der Waals surface area (Å²) >= 11 is 0. The first kappa shape index (κ1) is 14.0. The van der Waals surface area contributed by atoms with Crippen LogP contribution in [0, 0.1) is 0 Å². The quantitative estimate of drug-likeness (QED) is 0.873. The average molecular weight is 267 g/mol. The van der Waals surface area contributed by atoms with Gasteiger partial charge in [0.2, 0.25) is 5.91 Å². The molecule has 0 unspecified atom stereocenters. The van der Waals surface area contributed by atoms with Crippen LogP contribution in [0.2, 0.25) is 0 Å². The molecule has 1 aromatic heterocycles. The summed E-state index contributed by atoms with van der Waals surface area (Å²) in [6, 6.07) is 12.6. The summed E-state index contributed by atoms with van der Waals surface area (Å²) in [6.07, 6.45) is 3.84. The number of benzene rings is 1. The lowest BCUT2D eigenvalue weighted by Crippen LogP contribution is -2.37. The van der Waals surface area contributed by atoms with Crippen LogP contribution in [0.4, 0.5) is 5.82 Å². The first-order chi connectivity index (χ1) is 9.69. The van der Waals surface area contributed by atoms with E-state index < -0.39 is 6.04 Å². The predicted molar refractivity (Wildman–Crippen MR) is 81.1 cm³/mol. The third-order valence-electron chi connectivity index (χ3n) is 2.91. The van der Waals surface area contributed by atoms with E-state index in [1.54, 1.807) is 18.3 Å². The van der Waals surface area contributed by atoms with E-state index in [0.717, 1.165) is 11.1 Å². The third kappa shape index (κ3) is 3.76. The molecule has 20 heavy (non-hydrogen) atoms. The molecule has 2 rings (SSSR count). The molecule has 102 valence electrons. The summed E-state index contributed by atoms with van der Waals surface area (Å²) in [5, 5.41) is 2.70. The molecule has 0 radical (unpaired) electrons. The fourth-order valence-electron chi connectivity index (χ4n) is 1.78. The first-order valence-electron chi connectivity index (χ1n) is 6.38. The lowest BCUT2D eigenvalue weighted by Gasteiger charge is -2.12. The van der Waals surface area contributed by atoms with Gasteiger partial charge in [-0.05, 0) is 29.7 Å².